The molecule has 0 aliphatic rings. The predicted octanol–water partition coefficient (Wildman–Crippen LogP) is 2.02. The van der Waals surface area contributed by atoms with Crippen molar-refractivity contribution in [1.82, 2.24) is 4.98 Å². The van der Waals surface area contributed by atoms with Gasteiger partial charge in [-0.25, -0.2) is 8.78 Å². The van der Waals surface area contributed by atoms with Gasteiger partial charge in [0, 0.05) is 9.26 Å². The SMILES string of the molecule is CCOC(=O)Cc1[nH]c(=O)c(C(F)F)cc1I. The first kappa shape index (κ1) is 14.1. The second-order valence-corrected chi connectivity index (χ2v) is 4.32. The molecule has 1 N–H and O–H groups in total. The minimum absolute atomic E-state index is 0.134. The summed E-state index contributed by atoms with van der Waals surface area (Å²) < 4.78 is 29.9. The van der Waals surface area contributed by atoms with Crippen LogP contribution in [-0.4, -0.2) is 17.6 Å². The summed E-state index contributed by atoms with van der Waals surface area (Å²) in [6.45, 7) is 1.89. The number of pyridine rings is 1. The zero-order valence-electron chi connectivity index (χ0n) is 8.93. The molecule has 1 aromatic rings. The van der Waals surface area contributed by atoms with E-state index >= 15 is 0 Å². The summed E-state index contributed by atoms with van der Waals surface area (Å²) in [7, 11) is 0. The summed E-state index contributed by atoms with van der Waals surface area (Å²) in [5, 5.41) is 0. The smallest absolute Gasteiger partial charge is 0.311 e. The molecule has 1 heterocycles. The van der Waals surface area contributed by atoms with E-state index in [1.54, 1.807) is 29.5 Å². The van der Waals surface area contributed by atoms with Crippen LogP contribution >= 0.6 is 22.6 Å². The maximum Gasteiger partial charge on any atom is 0.311 e. The van der Waals surface area contributed by atoms with Crippen LogP contribution in [0.3, 0.4) is 0 Å². The summed E-state index contributed by atoms with van der Waals surface area (Å²) in [5.41, 5.74) is -1.18. The molecule has 0 spiro atoms. The third kappa shape index (κ3) is 3.76. The van der Waals surface area contributed by atoms with Crippen LogP contribution in [-0.2, 0) is 16.0 Å². The standard InChI is InChI=1S/C10H10F2INO3/c1-2-17-8(15)4-7-6(13)3-5(9(11)12)10(16)14-7/h3,9H,2,4H2,1H3,(H,14,16). The molecule has 0 amide bonds. The Balaban J connectivity index is 3.00. The highest BCUT2D eigenvalue weighted by Gasteiger charge is 2.16. The Labute approximate surface area is 110 Å². The van der Waals surface area contributed by atoms with Gasteiger partial charge < -0.3 is 9.72 Å². The molecule has 94 valence electrons. The van der Waals surface area contributed by atoms with E-state index in [9.17, 15) is 18.4 Å². The van der Waals surface area contributed by atoms with E-state index in [1.807, 2.05) is 0 Å². The van der Waals surface area contributed by atoms with Crippen LogP contribution in [0, 0.1) is 3.57 Å². The molecule has 0 aromatic carbocycles. The van der Waals surface area contributed by atoms with Gasteiger partial charge in [0.1, 0.15) is 0 Å². The molecular weight excluding hydrogens is 347 g/mol. The summed E-state index contributed by atoms with van der Waals surface area (Å²) in [6, 6.07) is 1.08. The van der Waals surface area contributed by atoms with E-state index < -0.39 is 23.5 Å². The van der Waals surface area contributed by atoms with Crippen molar-refractivity contribution in [2.75, 3.05) is 6.61 Å². The fourth-order valence-corrected chi connectivity index (χ4v) is 1.87. The fraction of sp³-hybridized carbons (Fsp3) is 0.400. The van der Waals surface area contributed by atoms with Crippen molar-refractivity contribution in [3.05, 3.63) is 31.2 Å². The van der Waals surface area contributed by atoms with Crippen LogP contribution in [0.25, 0.3) is 0 Å². The normalized spacial score (nSPS) is 10.6. The fourth-order valence-electron chi connectivity index (χ4n) is 1.21. The topological polar surface area (TPSA) is 59.2 Å². The summed E-state index contributed by atoms with van der Waals surface area (Å²) in [6.07, 6.45) is -2.96. The van der Waals surface area contributed by atoms with E-state index in [0.717, 1.165) is 6.07 Å². The molecule has 0 aliphatic heterocycles. The van der Waals surface area contributed by atoms with Crippen molar-refractivity contribution in [2.24, 2.45) is 0 Å². The number of rotatable bonds is 4. The van der Waals surface area contributed by atoms with Crippen molar-refractivity contribution in [2.45, 2.75) is 19.8 Å². The maximum atomic E-state index is 12.4. The lowest BCUT2D eigenvalue weighted by Gasteiger charge is -2.06. The van der Waals surface area contributed by atoms with Gasteiger partial charge in [0.15, 0.2) is 0 Å². The molecule has 17 heavy (non-hydrogen) atoms. The Morgan fingerprint density at radius 1 is 1.59 bits per heavy atom. The van der Waals surface area contributed by atoms with Gasteiger partial charge in [-0.2, -0.15) is 0 Å². The number of H-pyrrole nitrogens is 1. The van der Waals surface area contributed by atoms with Crippen molar-refractivity contribution in [1.29, 1.82) is 0 Å². The third-order valence-corrected chi connectivity index (χ3v) is 2.92. The van der Waals surface area contributed by atoms with E-state index in [0.29, 0.717) is 9.26 Å². The summed E-state index contributed by atoms with van der Waals surface area (Å²) in [4.78, 5) is 24.8. The lowest BCUT2D eigenvalue weighted by Crippen LogP contribution is -2.19. The molecule has 1 rings (SSSR count). The van der Waals surface area contributed by atoms with Gasteiger partial charge in [-0.05, 0) is 35.6 Å². The van der Waals surface area contributed by atoms with Crippen LogP contribution in [0.15, 0.2) is 10.9 Å². The van der Waals surface area contributed by atoms with Crippen LogP contribution in [0.1, 0.15) is 24.6 Å². The molecule has 0 radical (unpaired) electrons. The molecule has 0 aliphatic carbocycles. The zero-order valence-corrected chi connectivity index (χ0v) is 11.1. The highest BCUT2D eigenvalue weighted by molar-refractivity contribution is 14.1. The zero-order chi connectivity index (χ0) is 13.0. The summed E-state index contributed by atoms with van der Waals surface area (Å²) in [5.74, 6) is -0.508. The van der Waals surface area contributed by atoms with Crippen LogP contribution in [0.5, 0.6) is 0 Å². The van der Waals surface area contributed by atoms with Crippen molar-refractivity contribution in [3.8, 4) is 0 Å². The number of hydrogen-bond donors (Lipinski definition) is 1. The van der Waals surface area contributed by atoms with Gasteiger partial charge in [0.2, 0.25) is 0 Å². The second-order valence-electron chi connectivity index (χ2n) is 3.16. The van der Waals surface area contributed by atoms with E-state index in [4.69, 9.17) is 4.74 Å². The molecular formula is C10H10F2INO3. The van der Waals surface area contributed by atoms with Crippen LogP contribution in [0.2, 0.25) is 0 Å². The predicted molar refractivity (Wildman–Crippen MR) is 65.1 cm³/mol. The highest BCUT2D eigenvalue weighted by Crippen LogP contribution is 2.18. The van der Waals surface area contributed by atoms with Gasteiger partial charge in [0.25, 0.3) is 12.0 Å². The monoisotopic (exact) mass is 357 g/mol. The van der Waals surface area contributed by atoms with Gasteiger partial charge in [-0.3, -0.25) is 9.59 Å². The highest BCUT2D eigenvalue weighted by atomic mass is 127. The van der Waals surface area contributed by atoms with Gasteiger partial charge in [-0.1, -0.05) is 0 Å². The Bertz CT molecular complexity index is 473. The number of esters is 1. The molecule has 0 saturated carbocycles. The number of carbonyl (C=O) groups excluding carboxylic acids is 1. The quantitative estimate of drug-likeness (QED) is 0.663. The number of aromatic nitrogens is 1. The number of nitrogens with one attached hydrogen (secondary N) is 1. The maximum absolute atomic E-state index is 12.4. The average molecular weight is 357 g/mol. The molecule has 0 saturated heterocycles. The van der Waals surface area contributed by atoms with Gasteiger partial charge >= 0.3 is 5.97 Å². The van der Waals surface area contributed by atoms with E-state index in [2.05, 4.69) is 4.98 Å². The number of alkyl halides is 2. The molecule has 0 bridgehead atoms. The lowest BCUT2D eigenvalue weighted by molar-refractivity contribution is -0.142. The minimum atomic E-state index is -2.83. The third-order valence-electron chi connectivity index (χ3n) is 1.96. The average Bonchev–Trinajstić information content (AvgIpc) is 2.22. The molecule has 0 fully saturated rings. The molecule has 0 atom stereocenters. The molecule has 1 aromatic heterocycles. The Hall–Kier alpha value is -0.990. The van der Waals surface area contributed by atoms with Crippen molar-refractivity contribution in [3.63, 3.8) is 0 Å². The van der Waals surface area contributed by atoms with Crippen molar-refractivity contribution >= 4 is 28.6 Å². The number of hydrogen-bond acceptors (Lipinski definition) is 3. The first-order valence-corrected chi connectivity index (χ1v) is 5.89. The first-order valence-electron chi connectivity index (χ1n) is 4.81. The largest absolute Gasteiger partial charge is 0.466 e. The Kier molecular flexibility index (Phi) is 5.03. The number of aromatic amines is 1. The molecule has 0 unspecified atom stereocenters. The lowest BCUT2D eigenvalue weighted by atomic mass is 10.2. The van der Waals surface area contributed by atoms with Crippen LogP contribution < -0.4 is 5.56 Å². The van der Waals surface area contributed by atoms with E-state index in [-0.39, 0.29) is 13.0 Å². The Morgan fingerprint density at radius 3 is 2.76 bits per heavy atom. The van der Waals surface area contributed by atoms with Gasteiger partial charge in [-0.15, -0.1) is 0 Å². The first-order chi connectivity index (χ1) is 7.95. The molecule has 7 heteroatoms. The second kappa shape index (κ2) is 6.08. The Morgan fingerprint density at radius 2 is 2.24 bits per heavy atom. The van der Waals surface area contributed by atoms with Crippen LogP contribution in [0.4, 0.5) is 8.78 Å². The van der Waals surface area contributed by atoms with Crippen molar-refractivity contribution < 1.29 is 18.3 Å². The number of ether oxygens (including phenoxy) is 1. The van der Waals surface area contributed by atoms with E-state index in [1.165, 1.54) is 0 Å². The summed E-state index contributed by atoms with van der Waals surface area (Å²) >= 11 is 1.79. The number of carbonyl (C=O) groups is 1. The number of halogens is 3. The minimum Gasteiger partial charge on any atom is -0.466 e. The van der Waals surface area contributed by atoms with Gasteiger partial charge in [0.05, 0.1) is 18.6 Å². The molecule has 4 nitrogen and oxygen atoms in total.